The smallest absolute Gasteiger partial charge is 0.305 e. The summed E-state index contributed by atoms with van der Waals surface area (Å²) in [6.45, 7) is -0.346. The summed E-state index contributed by atoms with van der Waals surface area (Å²) < 4.78 is 35.9. The van der Waals surface area contributed by atoms with E-state index in [0.29, 0.717) is 5.75 Å². The summed E-state index contributed by atoms with van der Waals surface area (Å²) in [5.41, 5.74) is 6.08. The maximum absolute atomic E-state index is 12.0. The summed E-state index contributed by atoms with van der Waals surface area (Å²) in [7, 11) is -2.60. The number of nitrogens with one attached hydrogen (secondary N) is 3. The van der Waals surface area contributed by atoms with Crippen LogP contribution in [0.15, 0.2) is 76.2 Å². The van der Waals surface area contributed by atoms with Crippen molar-refractivity contribution in [1.29, 1.82) is 0 Å². The number of sulfonamides is 1. The summed E-state index contributed by atoms with van der Waals surface area (Å²) in [5.74, 6) is -1.19. The van der Waals surface area contributed by atoms with E-state index in [1.807, 2.05) is 42.5 Å². The van der Waals surface area contributed by atoms with E-state index in [2.05, 4.69) is 15.6 Å². The van der Waals surface area contributed by atoms with Gasteiger partial charge in [0.05, 0.1) is 0 Å². The van der Waals surface area contributed by atoms with Gasteiger partial charge in [-0.2, -0.15) is 0 Å². The largest absolute Gasteiger partial charge is 0.483 e. The highest BCUT2D eigenvalue weighted by molar-refractivity contribution is 7.89. The van der Waals surface area contributed by atoms with Crippen LogP contribution >= 0.6 is 0 Å². The van der Waals surface area contributed by atoms with E-state index in [1.54, 1.807) is 12.1 Å². The molecule has 0 unspecified atom stereocenters. The van der Waals surface area contributed by atoms with Crippen molar-refractivity contribution in [3.63, 3.8) is 0 Å². The molecule has 156 valence electrons. The van der Waals surface area contributed by atoms with Crippen molar-refractivity contribution in [1.82, 2.24) is 15.6 Å². The zero-order valence-corrected chi connectivity index (χ0v) is 16.7. The lowest BCUT2D eigenvalue weighted by molar-refractivity contribution is -0.123. The Morgan fingerprint density at radius 3 is 2.37 bits per heavy atom. The van der Waals surface area contributed by atoms with Crippen LogP contribution in [0.3, 0.4) is 0 Å². The Kier molecular flexibility index (Phi) is 6.50. The molecule has 0 saturated heterocycles. The van der Waals surface area contributed by atoms with Crippen molar-refractivity contribution in [2.45, 2.75) is 5.09 Å². The minimum Gasteiger partial charge on any atom is -0.483 e. The lowest BCUT2D eigenvalue weighted by atomic mass is 10.1. The number of para-hydroxylation sites is 1. The first-order valence-corrected chi connectivity index (χ1v) is 10.3. The maximum atomic E-state index is 12.0. The number of hydrogen-bond acceptors (Lipinski definition) is 6. The fraction of sp³-hybridized carbons (Fsp3) is 0.100. The molecule has 30 heavy (non-hydrogen) atoms. The van der Waals surface area contributed by atoms with Crippen LogP contribution in [-0.4, -0.2) is 33.9 Å². The van der Waals surface area contributed by atoms with Gasteiger partial charge in [-0.1, -0.05) is 48.5 Å². The molecule has 0 atom stereocenters. The Bertz CT molecular complexity index is 1140. The molecule has 2 amide bonds. The number of carbonyl (C=O) groups excluding carboxylic acids is 2. The van der Waals surface area contributed by atoms with E-state index >= 15 is 0 Å². The fourth-order valence-electron chi connectivity index (χ4n) is 2.50. The van der Waals surface area contributed by atoms with Crippen LogP contribution in [0.4, 0.5) is 0 Å². The SMILES string of the molecule is CNS(=O)(=O)c1ccc(C(=O)NNC(=O)COc2ccccc2-c2ccccc2)o1. The van der Waals surface area contributed by atoms with E-state index in [4.69, 9.17) is 9.15 Å². The van der Waals surface area contributed by atoms with Gasteiger partial charge in [-0.3, -0.25) is 20.4 Å². The van der Waals surface area contributed by atoms with Gasteiger partial charge in [0.25, 0.3) is 15.9 Å². The summed E-state index contributed by atoms with van der Waals surface area (Å²) in [5, 5.41) is -0.415. The Hall–Kier alpha value is -3.63. The molecule has 3 rings (SSSR count). The molecule has 0 radical (unpaired) electrons. The van der Waals surface area contributed by atoms with Gasteiger partial charge in [0.1, 0.15) is 5.75 Å². The average Bonchev–Trinajstić information content (AvgIpc) is 3.28. The predicted octanol–water partition coefficient (Wildman–Crippen LogP) is 1.69. The average molecular weight is 429 g/mol. The normalized spacial score (nSPS) is 11.0. The molecule has 3 aromatic rings. The molecule has 3 N–H and O–H groups in total. The Morgan fingerprint density at radius 2 is 1.63 bits per heavy atom. The third-order valence-corrected chi connectivity index (χ3v) is 5.27. The summed E-state index contributed by atoms with van der Waals surface area (Å²) in [6, 6.07) is 19.1. The molecular formula is C20H19N3O6S. The first-order chi connectivity index (χ1) is 14.4. The summed E-state index contributed by atoms with van der Waals surface area (Å²) in [4.78, 5) is 24.0. The van der Waals surface area contributed by atoms with E-state index in [1.165, 1.54) is 13.1 Å². The molecule has 0 spiro atoms. The van der Waals surface area contributed by atoms with Crippen molar-refractivity contribution < 1.29 is 27.2 Å². The molecule has 9 nitrogen and oxygen atoms in total. The van der Waals surface area contributed by atoms with Gasteiger partial charge < -0.3 is 9.15 Å². The molecular weight excluding hydrogens is 410 g/mol. The van der Waals surface area contributed by atoms with Gasteiger partial charge in [-0.05, 0) is 30.8 Å². The number of hydrogen-bond donors (Lipinski definition) is 3. The summed E-state index contributed by atoms with van der Waals surface area (Å²) >= 11 is 0. The lowest BCUT2D eigenvalue weighted by Gasteiger charge is -2.12. The van der Waals surface area contributed by atoms with Crippen LogP contribution in [0.1, 0.15) is 10.6 Å². The highest BCUT2D eigenvalue weighted by Gasteiger charge is 2.20. The minimum absolute atomic E-state index is 0.278. The topological polar surface area (TPSA) is 127 Å². The Morgan fingerprint density at radius 1 is 0.933 bits per heavy atom. The van der Waals surface area contributed by atoms with Crippen LogP contribution in [0.25, 0.3) is 11.1 Å². The van der Waals surface area contributed by atoms with Crippen LogP contribution < -0.4 is 20.3 Å². The van der Waals surface area contributed by atoms with E-state index in [9.17, 15) is 18.0 Å². The lowest BCUT2D eigenvalue weighted by Crippen LogP contribution is -2.43. The predicted molar refractivity (Wildman–Crippen MR) is 108 cm³/mol. The summed E-state index contributed by atoms with van der Waals surface area (Å²) in [6.07, 6.45) is 0. The first-order valence-electron chi connectivity index (χ1n) is 8.80. The van der Waals surface area contributed by atoms with Gasteiger partial charge in [0, 0.05) is 5.56 Å². The highest BCUT2D eigenvalue weighted by atomic mass is 32.2. The van der Waals surface area contributed by atoms with Gasteiger partial charge in [0.15, 0.2) is 12.4 Å². The zero-order chi connectivity index (χ0) is 21.6. The maximum Gasteiger partial charge on any atom is 0.305 e. The number of amides is 2. The minimum atomic E-state index is -3.81. The number of carbonyl (C=O) groups is 2. The van der Waals surface area contributed by atoms with Gasteiger partial charge in [-0.15, -0.1) is 0 Å². The number of furan rings is 1. The molecule has 10 heteroatoms. The van der Waals surface area contributed by atoms with Crippen molar-refractivity contribution >= 4 is 21.8 Å². The molecule has 2 aromatic carbocycles. The van der Waals surface area contributed by atoms with Gasteiger partial charge in [0.2, 0.25) is 5.09 Å². The van der Waals surface area contributed by atoms with Gasteiger partial charge >= 0.3 is 5.91 Å². The zero-order valence-electron chi connectivity index (χ0n) is 15.9. The molecule has 0 bridgehead atoms. The first kappa shape index (κ1) is 21.1. The molecule has 1 aromatic heterocycles. The second kappa shape index (κ2) is 9.25. The molecule has 0 aliphatic rings. The standard InChI is InChI=1S/C20H19N3O6S/c1-21-30(26,27)19-12-11-17(29-19)20(25)23-22-18(24)13-28-16-10-6-5-9-15(16)14-7-3-2-4-8-14/h2-12,21H,13H2,1H3,(H,22,24)(H,23,25). The van der Waals surface area contributed by atoms with Gasteiger partial charge in [-0.25, -0.2) is 13.1 Å². The van der Waals surface area contributed by atoms with Crippen molar-refractivity contribution in [2.75, 3.05) is 13.7 Å². The second-order valence-corrected chi connectivity index (χ2v) is 7.80. The van der Waals surface area contributed by atoms with E-state index in [-0.39, 0.29) is 12.4 Å². The van der Waals surface area contributed by atoms with E-state index < -0.39 is 26.9 Å². The van der Waals surface area contributed by atoms with E-state index in [0.717, 1.165) is 17.2 Å². The number of ether oxygens (including phenoxy) is 1. The monoisotopic (exact) mass is 429 g/mol. The number of rotatable bonds is 7. The van der Waals surface area contributed by atoms with Crippen molar-refractivity contribution in [3.05, 3.63) is 72.5 Å². The quantitative estimate of drug-likeness (QED) is 0.491. The third-order valence-electron chi connectivity index (χ3n) is 3.98. The highest BCUT2D eigenvalue weighted by Crippen LogP contribution is 2.29. The Labute approximate surface area is 173 Å². The molecule has 0 fully saturated rings. The van der Waals surface area contributed by atoms with Crippen LogP contribution in [0.5, 0.6) is 5.75 Å². The Balaban J connectivity index is 1.56. The molecule has 1 heterocycles. The second-order valence-electron chi connectivity index (χ2n) is 5.98. The molecule has 0 aliphatic heterocycles. The van der Waals surface area contributed by atoms with Crippen LogP contribution in [0, 0.1) is 0 Å². The van der Waals surface area contributed by atoms with Crippen LogP contribution in [0.2, 0.25) is 0 Å². The number of hydrazine groups is 1. The van der Waals surface area contributed by atoms with Crippen LogP contribution in [-0.2, 0) is 14.8 Å². The fourth-order valence-corrected chi connectivity index (χ4v) is 3.15. The molecule has 0 aliphatic carbocycles. The van der Waals surface area contributed by atoms with Crippen molar-refractivity contribution in [3.8, 4) is 16.9 Å². The van der Waals surface area contributed by atoms with Crippen molar-refractivity contribution in [2.24, 2.45) is 0 Å². The molecule has 0 saturated carbocycles. The number of benzene rings is 2. The third kappa shape index (κ3) is 5.04.